The summed E-state index contributed by atoms with van der Waals surface area (Å²) in [7, 11) is 1.37. The van der Waals surface area contributed by atoms with Crippen molar-refractivity contribution in [2.24, 2.45) is 0 Å². The molecule has 0 saturated carbocycles. The van der Waals surface area contributed by atoms with Gasteiger partial charge >= 0.3 is 5.97 Å². The third-order valence-corrected chi connectivity index (χ3v) is 2.14. The summed E-state index contributed by atoms with van der Waals surface area (Å²) in [5, 5.41) is 0. The first-order valence-electron chi connectivity index (χ1n) is 5.03. The summed E-state index contributed by atoms with van der Waals surface area (Å²) < 4.78 is 4.62. The maximum atomic E-state index is 11.2. The van der Waals surface area contributed by atoms with Crippen LogP contribution in [0.3, 0.4) is 0 Å². The summed E-state index contributed by atoms with van der Waals surface area (Å²) >= 11 is 0. The van der Waals surface area contributed by atoms with Crippen LogP contribution in [-0.4, -0.2) is 31.1 Å². The van der Waals surface area contributed by atoms with Crippen molar-refractivity contribution in [2.45, 2.75) is 6.54 Å². The van der Waals surface area contributed by atoms with Crippen molar-refractivity contribution in [1.29, 1.82) is 0 Å². The van der Waals surface area contributed by atoms with Crippen LogP contribution in [0.5, 0.6) is 0 Å². The predicted molar refractivity (Wildman–Crippen MR) is 62.6 cm³/mol. The van der Waals surface area contributed by atoms with E-state index in [4.69, 9.17) is 6.42 Å². The smallest absolute Gasteiger partial charge is 0.319 e. The number of hydrogen-bond donors (Lipinski definition) is 0. The number of carbonyl (C=O) groups is 1. The molecule has 0 saturated heterocycles. The third-order valence-electron chi connectivity index (χ3n) is 2.14. The SMILES string of the molecule is C#CCN(CC(=O)OC)Cc1ccccc1. The lowest BCUT2D eigenvalue weighted by molar-refractivity contribution is -0.141. The highest BCUT2D eigenvalue weighted by molar-refractivity contribution is 5.71. The Morgan fingerprint density at radius 1 is 1.44 bits per heavy atom. The standard InChI is InChI=1S/C13H15NO2/c1-3-9-14(11-13(15)16-2)10-12-7-5-4-6-8-12/h1,4-8H,9-11H2,2H3. The Balaban J connectivity index is 2.58. The van der Waals surface area contributed by atoms with Gasteiger partial charge in [-0.05, 0) is 5.56 Å². The first kappa shape index (κ1) is 12.3. The van der Waals surface area contributed by atoms with E-state index >= 15 is 0 Å². The Kier molecular flexibility index (Phi) is 5.10. The summed E-state index contributed by atoms with van der Waals surface area (Å²) in [4.78, 5) is 13.0. The number of esters is 1. The normalized spacial score (nSPS) is 9.81. The first-order chi connectivity index (χ1) is 7.76. The van der Waals surface area contributed by atoms with Crippen LogP contribution in [0, 0.1) is 12.3 Å². The van der Waals surface area contributed by atoms with Gasteiger partial charge < -0.3 is 4.74 Å². The van der Waals surface area contributed by atoms with Gasteiger partial charge in [0.25, 0.3) is 0 Å². The van der Waals surface area contributed by atoms with Crippen molar-refractivity contribution in [2.75, 3.05) is 20.2 Å². The van der Waals surface area contributed by atoms with Gasteiger partial charge in [0.1, 0.15) is 0 Å². The molecule has 3 nitrogen and oxygen atoms in total. The second kappa shape index (κ2) is 6.65. The quantitative estimate of drug-likeness (QED) is 0.550. The van der Waals surface area contributed by atoms with Gasteiger partial charge in [0.15, 0.2) is 0 Å². The molecular formula is C13H15NO2. The zero-order valence-electron chi connectivity index (χ0n) is 9.35. The fourth-order valence-corrected chi connectivity index (χ4v) is 1.39. The van der Waals surface area contributed by atoms with Gasteiger partial charge in [-0.25, -0.2) is 0 Å². The van der Waals surface area contributed by atoms with E-state index in [2.05, 4.69) is 10.7 Å². The number of ether oxygens (including phenoxy) is 1. The molecule has 3 heteroatoms. The summed E-state index contributed by atoms with van der Waals surface area (Å²) in [6, 6.07) is 9.87. The van der Waals surface area contributed by atoms with Gasteiger partial charge in [0.2, 0.25) is 0 Å². The fraction of sp³-hybridized carbons (Fsp3) is 0.308. The van der Waals surface area contributed by atoms with Crippen LogP contribution in [-0.2, 0) is 16.1 Å². The number of carbonyl (C=O) groups excluding carboxylic acids is 1. The highest BCUT2D eigenvalue weighted by atomic mass is 16.5. The molecule has 1 rings (SSSR count). The maximum absolute atomic E-state index is 11.2. The molecule has 16 heavy (non-hydrogen) atoms. The largest absolute Gasteiger partial charge is 0.468 e. The highest BCUT2D eigenvalue weighted by Crippen LogP contribution is 2.03. The minimum absolute atomic E-state index is 0.218. The lowest BCUT2D eigenvalue weighted by atomic mass is 10.2. The lowest BCUT2D eigenvalue weighted by Gasteiger charge is -2.18. The van der Waals surface area contributed by atoms with Crippen LogP contribution in [0.1, 0.15) is 5.56 Å². The molecule has 0 unspecified atom stereocenters. The lowest BCUT2D eigenvalue weighted by Crippen LogP contribution is -2.30. The van der Waals surface area contributed by atoms with E-state index in [1.54, 1.807) is 0 Å². The topological polar surface area (TPSA) is 29.5 Å². The Labute approximate surface area is 96.0 Å². The highest BCUT2D eigenvalue weighted by Gasteiger charge is 2.09. The summed E-state index contributed by atoms with van der Waals surface area (Å²) in [5.41, 5.74) is 1.13. The Bertz CT molecular complexity index is 367. The minimum atomic E-state index is -0.272. The molecule has 0 heterocycles. The Morgan fingerprint density at radius 3 is 2.69 bits per heavy atom. The number of hydrogen-bond acceptors (Lipinski definition) is 3. The van der Waals surface area contributed by atoms with E-state index in [1.165, 1.54) is 7.11 Å². The van der Waals surface area contributed by atoms with Crippen LogP contribution in [0.4, 0.5) is 0 Å². The maximum Gasteiger partial charge on any atom is 0.319 e. The molecule has 0 aliphatic heterocycles. The molecule has 0 fully saturated rings. The monoisotopic (exact) mass is 217 g/mol. The molecule has 0 aliphatic rings. The number of methoxy groups -OCH3 is 1. The van der Waals surface area contributed by atoms with E-state index in [1.807, 2.05) is 35.2 Å². The average Bonchev–Trinajstić information content (AvgIpc) is 2.30. The van der Waals surface area contributed by atoms with Crippen molar-refractivity contribution in [3.05, 3.63) is 35.9 Å². The molecule has 0 N–H and O–H groups in total. The Hall–Kier alpha value is -1.79. The molecule has 0 aliphatic carbocycles. The number of terminal acetylenes is 1. The second-order valence-electron chi connectivity index (χ2n) is 3.41. The number of benzene rings is 1. The van der Waals surface area contributed by atoms with E-state index in [0.29, 0.717) is 13.1 Å². The van der Waals surface area contributed by atoms with Crippen LogP contribution in [0.2, 0.25) is 0 Å². The van der Waals surface area contributed by atoms with Gasteiger partial charge in [-0.2, -0.15) is 0 Å². The fourth-order valence-electron chi connectivity index (χ4n) is 1.39. The van der Waals surface area contributed by atoms with Gasteiger partial charge in [-0.15, -0.1) is 6.42 Å². The van der Waals surface area contributed by atoms with Gasteiger partial charge in [0.05, 0.1) is 20.2 Å². The van der Waals surface area contributed by atoms with Crippen molar-refractivity contribution in [3.8, 4) is 12.3 Å². The predicted octanol–water partition coefficient (Wildman–Crippen LogP) is 1.29. The Morgan fingerprint density at radius 2 is 2.12 bits per heavy atom. The molecule has 0 spiro atoms. The van der Waals surface area contributed by atoms with Crippen LogP contribution < -0.4 is 0 Å². The third kappa shape index (κ3) is 4.16. The molecule has 1 aromatic carbocycles. The van der Waals surface area contributed by atoms with Gasteiger partial charge in [-0.3, -0.25) is 9.69 Å². The van der Waals surface area contributed by atoms with E-state index in [0.717, 1.165) is 5.56 Å². The first-order valence-corrected chi connectivity index (χ1v) is 5.03. The molecule has 0 bridgehead atoms. The molecule has 0 amide bonds. The van der Waals surface area contributed by atoms with Crippen LogP contribution >= 0.6 is 0 Å². The van der Waals surface area contributed by atoms with Crippen molar-refractivity contribution in [3.63, 3.8) is 0 Å². The van der Waals surface area contributed by atoms with E-state index < -0.39 is 0 Å². The average molecular weight is 217 g/mol. The molecule has 84 valence electrons. The number of rotatable bonds is 5. The molecular weight excluding hydrogens is 202 g/mol. The molecule has 0 aromatic heterocycles. The van der Waals surface area contributed by atoms with Crippen molar-refractivity contribution in [1.82, 2.24) is 4.90 Å². The molecule has 0 atom stereocenters. The molecule has 0 radical (unpaired) electrons. The van der Waals surface area contributed by atoms with Crippen LogP contribution in [0.25, 0.3) is 0 Å². The van der Waals surface area contributed by atoms with E-state index in [-0.39, 0.29) is 12.5 Å². The number of nitrogens with zero attached hydrogens (tertiary/aromatic N) is 1. The zero-order chi connectivity index (χ0) is 11.8. The summed E-state index contributed by atoms with van der Waals surface area (Å²) in [5.74, 6) is 2.26. The minimum Gasteiger partial charge on any atom is -0.468 e. The van der Waals surface area contributed by atoms with Crippen LogP contribution in [0.15, 0.2) is 30.3 Å². The second-order valence-corrected chi connectivity index (χ2v) is 3.41. The van der Waals surface area contributed by atoms with E-state index in [9.17, 15) is 4.79 Å². The van der Waals surface area contributed by atoms with Gasteiger partial charge in [0, 0.05) is 6.54 Å². The van der Waals surface area contributed by atoms with Gasteiger partial charge in [-0.1, -0.05) is 36.3 Å². The summed E-state index contributed by atoms with van der Waals surface area (Å²) in [6.07, 6.45) is 5.26. The van der Waals surface area contributed by atoms with Crippen molar-refractivity contribution >= 4 is 5.97 Å². The summed E-state index contributed by atoms with van der Waals surface area (Å²) in [6.45, 7) is 1.31. The van der Waals surface area contributed by atoms with Crippen molar-refractivity contribution < 1.29 is 9.53 Å². The zero-order valence-corrected chi connectivity index (χ0v) is 9.35. The molecule has 1 aromatic rings.